The van der Waals surface area contributed by atoms with Crippen molar-refractivity contribution >= 4 is 22.8 Å². The molecule has 5 atom stereocenters. The molecule has 1 aromatic carbocycles. The Labute approximate surface area is 156 Å². The molecule has 1 amide bonds. The second-order valence-corrected chi connectivity index (χ2v) is 7.86. The molecule has 0 radical (unpaired) electrons. The van der Waals surface area contributed by atoms with E-state index in [9.17, 15) is 9.18 Å². The van der Waals surface area contributed by atoms with E-state index in [-0.39, 0.29) is 6.29 Å². The SMILES string of the molecule is CC1NC(N2CC3CN(c4cnc5ccccc5n4)CC3C2)NC(=O)C1F. The third kappa shape index (κ3) is 2.93. The molecule has 0 aliphatic carbocycles. The zero-order valence-electron chi connectivity index (χ0n) is 15.2. The lowest BCUT2D eigenvalue weighted by Gasteiger charge is -2.37. The van der Waals surface area contributed by atoms with Gasteiger partial charge >= 0.3 is 0 Å². The summed E-state index contributed by atoms with van der Waals surface area (Å²) in [6.07, 6.45) is 0.0944. The maximum Gasteiger partial charge on any atom is 0.258 e. The van der Waals surface area contributed by atoms with E-state index in [4.69, 9.17) is 4.98 Å². The van der Waals surface area contributed by atoms with Crippen molar-refractivity contribution in [2.24, 2.45) is 11.8 Å². The Bertz CT molecular complexity index is 864. The molecular formula is C19H23FN6O. The van der Waals surface area contributed by atoms with Gasteiger partial charge in [-0.3, -0.25) is 20.0 Å². The average molecular weight is 370 g/mol. The first-order chi connectivity index (χ1) is 13.1. The second-order valence-electron chi connectivity index (χ2n) is 7.86. The van der Waals surface area contributed by atoms with E-state index in [0.29, 0.717) is 11.8 Å². The van der Waals surface area contributed by atoms with Gasteiger partial charge in [-0.25, -0.2) is 9.37 Å². The molecule has 3 saturated heterocycles. The number of nitrogens with zero attached hydrogens (tertiary/aromatic N) is 4. The van der Waals surface area contributed by atoms with E-state index in [1.54, 1.807) is 6.92 Å². The summed E-state index contributed by atoms with van der Waals surface area (Å²) in [5, 5.41) is 5.93. The van der Waals surface area contributed by atoms with Crippen molar-refractivity contribution in [3.8, 4) is 0 Å². The lowest BCUT2D eigenvalue weighted by Crippen LogP contribution is -2.67. The number of alkyl halides is 1. The standard InChI is InChI=1S/C19H23FN6O/c1-11-17(20)18(27)24-19(22-11)26-9-12-7-25(8-13(12)10-26)16-6-21-14-4-2-3-5-15(14)23-16/h2-6,11-13,17,19,22H,7-10H2,1H3,(H,24,27). The number of carbonyl (C=O) groups excluding carboxylic acids is 1. The number of para-hydroxylation sites is 2. The van der Waals surface area contributed by atoms with Gasteiger partial charge in [0.2, 0.25) is 0 Å². The third-order valence-electron chi connectivity index (χ3n) is 6.03. The summed E-state index contributed by atoms with van der Waals surface area (Å²) in [5.74, 6) is 1.43. The number of likely N-dealkylation sites (tertiary alicyclic amines) is 1. The Morgan fingerprint density at radius 2 is 1.81 bits per heavy atom. The molecule has 5 unspecified atom stereocenters. The number of nitrogens with one attached hydrogen (secondary N) is 2. The van der Waals surface area contributed by atoms with Gasteiger partial charge in [0.15, 0.2) is 6.17 Å². The summed E-state index contributed by atoms with van der Waals surface area (Å²) >= 11 is 0. The topological polar surface area (TPSA) is 73.4 Å². The van der Waals surface area contributed by atoms with Crippen molar-refractivity contribution in [3.05, 3.63) is 30.5 Å². The van der Waals surface area contributed by atoms with Crippen LogP contribution >= 0.6 is 0 Å². The lowest BCUT2D eigenvalue weighted by molar-refractivity contribution is -0.133. The minimum absolute atomic E-state index is 0.279. The fraction of sp³-hybridized carbons (Fsp3) is 0.526. The van der Waals surface area contributed by atoms with Crippen molar-refractivity contribution < 1.29 is 9.18 Å². The van der Waals surface area contributed by atoms with Gasteiger partial charge in [0, 0.05) is 32.2 Å². The van der Waals surface area contributed by atoms with Crippen LogP contribution in [0.4, 0.5) is 10.2 Å². The van der Waals surface area contributed by atoms with Gasteiger partial charge in [-0.2, -0.15) is 0 Å². The summed E-state index contributed by atoms with van der Waals surface area (Å²) < 4.78 is 13.7. The van der Waals surface area contributed by atoms with Crippen molar-refractivity contribution in [3.63, 3.8) is 0 Å². The van der Waals surface area contributed by atoms with Crippen molar-refractivity contribution in [2.75, 3.05) is 31.1 Å². The summed E-state index contributed by atoms with van der Waals surface area (Å²) in [6, 6.07) is 7.44. The molecule has 5 rings (SSSR count). The molecule has 8 heteroatoms. The van der Waals surface area contributed by atoms with Crippen LogP contribution in [0.1, 0.15) is 6.92 Å². The number of hydrogen-bond donors (Lipinski definition) is 2. The fourth-order valence-corrected chi connectivity index (χ4v) is 4.54. The van der Waals surface area contributed by atoms with Gasteiger partial charge in [0.1, 0.15) is 12.1 Å². The summed E-state index contributed by atoms with van der Waals surface area (Å²) in [7, 11) is 0. The molecule has 0 saturated carbocycles. The quantitative estimate of drug-likeness (QED) is 0.812. The lowest BCUT2D eigenvalue weighted by atomic mass is 10.0. The van der Waals surface area contributed by atoms with E-state index in [0.717, 1.165) is 43.0 Å². The number of amides is 1. The van der Waals surface area contributed by atoms with Gasteiger partial charge in [-0.05, 0) is 30.9 Å². The highest BCUT2D eigenvalue weighted by Gasteiger charge is 2.45. The molecule has 1 aromatic heterocycles. The van der Waals surface area contributed by atoms with Crippen molar-refractivity contribution in [1.82, 2.24) is 25.5 Å². The molecule has 4 heterocycles. The van der Waals surface area contributed by atoms with E-state index in [1.807, 2.05) is 30.5 Å². The number of aromatic nitrogens is 2. The van der Waals surface area contributed by atoms with Crippen LogP contribution < -0.4 is 15.5 Å². The van der Waals surface area contributed by atoms with Gasteiger partial charge < -0.3 is 10.2 Å². The number of benzene rings is 1. The van der Waals surface area contributed by atoms with Crippen LogP contribution in [0.3, 0.4) is 0 Å². The minimum atomic E-state index is -1.48. The molecule has 0 bridgehead atoms. The number of halogens is 1. The van der Waals surface area contributed by atoms with Gasteiger partial charge in [-0.15, -0.1) is 0 Å². The predicted molar refractivity (Wildman–Crippen MR) is 99.7 cm³/mol. The summed E-state index contributed by atoms with van der Waals surface area (Å²) in [6.45, 7) is 5.33. The van der Waals surface area contributed by atoms with Crippen LogP contribution in [0.25, 0.3) is 11.0 Å². The number of fused-ring (bicyclic) bond motifs is 2. The average Bonchev–Trinajstić information content (AvgIpc) is 3.24. The Morgan fingerprint density at radius 3 is 2.52 bits per heavy atom. The molecule has 142 valence electrons. The molecule has 7 nitrogen and oxygen atoms in total. The molecule has 27 heavy (non-hydrogen) atoms. The molecule has 2 N–H and O–H groups in total. The third-order valence-corrected chi connectivity index (χ3v) is 6.03. The minimum Gasteiger partial charge on any atom is -0.355 e. The first-order valence-electron chi connectivity index (χ1n) is 9.50. The van der Waals surface area contributed by atoms with Crippen molar-refractivity contribution in [1.29, 1.82) is 0 Å². The van der Waals surface area contributed by atoms with E-state index in [1.165, 1.54) is 0 Å². The van der Waals surface area contributed by atoms with Gasteiger partial charge in [0.05, 0.1) is 17.2 Å². The van der Waals surface area contributed by atoms with Crippen LogP contribution in [-0.4, -0.2) is 65.5 Å². The molecule has 3 fully saturated rings. The first-order valence-corrected chi connectivity index (χ1v) is 9.50. The van der Waals surface area contributed by atoms with Crippen LogP contribution in [0.2, 0.25) is 0 Å². The largest absolute Gasteiger partial charge is 0.355 e. The normalized spacial score (nSPS) is 34.1. The Morgan fingerprint density at radius 1 is 1.11 bits per heavy atom. The van der Waals surface area contributed by atoms with E-state index in [2.05, 4.69) is 25.4 Å². The van der Waals surface area contributed by atoms with Crippen LogP contribution in [0.5, 0.6) is 0 Å². The molecule has 3 aliphatic rings. The van der Waals surface area contributed by atoms with Crippen LogP contribution in [-0.2, 0) is 4.79 Å². The summed E-state index contributed by atoms with van der Waals surface area (Å²) in [5.41, 5.74) is 1.82. The molecular weight excluding hydrogens is 347 g/mol. The van der Waals surface area contributed by atoms with E-state index >= 15 is 0 Å². The highest BCUT2D eigenvalue weighted by molar-refractivity contribution is 5.82. The zero-order chi connectivity index (χ0) is 18.5. The second kappa shape index (κ2) is 6.38. The molecule has 2 aromatic rings. The maximum atomic E-state index is 13.7. The molecule has 3 aliphatic heterocycles. The molecule has 0 spiro atoms. The first kappa shape index (κ1) is 16.8. The number of carbonyl (C=O) groups is 1. The Kier molecular flexibility index (Phi) is 3.98. The maximum absolute atomic E-state index is 13.7. The smallest absolute Gasteiger partial charge is 0.258 e. The highest BCUT2D eigenvalue weighted by atomic mass is 19.1. The number of rotatable bonds is 2. The fourth-order valence-electron chi connectivity index (χ4n) is 4.54. The Balaban J connectivity index is 1.26. The summed E-state index contributed by atoms with van der Waals surface area (Å²) in [4.78, 5) is 25.6. The van der Waals surface area contributed by atoms with Gasteiger partial charge in [-0.1, -0.05) is 12.1 Å². The number of anilines is 1. The van der Waals surface area contributed by atoms with E-state index < -0.39 is 18.1 Å². The zero-order valence-corrected chi connectivity index (χ0v) is 15.2. The Hall–Kier alpha value is -2.32. The number of hydrogen-bond acceptors (Lipinski definition) is 6. The van der Waals surface area contributed by atoms with Crippen molar-refractivity contribution in [2.45, 2.75) is 25.4 Å². The van der Waals surface area contributed by atoms with Crippen LogP contribution in [0.15, 0.2) is 30.5 Å². The van der Waals surface area contributed by atoms with Gasteiger partial charge in [0.25, 0.3) is 5.91 Å². The monoisotopic (exact) mass is 370 g/mol. The van der Waals surface area contributed by atoms with Crippen LogP contribution in [0, 0.1) is 11.8 Å². The highest BCUT2D eigenvalue weighted by Crippen LogP contribution is 2.34. The predicted octanol–water partition coefficient (Wildman–Crippen LogP) is 0.727.